The fourth-order valence-corrected chi connectivity index (χ4v) is 1.92. The van der Waals surface area contributed by atoms with Crippen LogP contribution < -0.4 is 15.2 Å². The Morgan fingerprint density at radius 2 is 1.84 bits per heavy atom. The molecule has 0 saturated heterocycles. The van der Waals surface area contributed by atoms with E-state index >= 15 is 0 Å². The normalized spacial score (nSPS) is 11.9. The summed E-state index contributed by atoms with van der Waals surface area (Å²) in [6.45, 7) is 2.47. The number of benzene rings is 2. The first-order chi connectivity index (χ1) is 9.24. The van der Waals surface area contributed by atoms with Gasteiger partial charge >= 0.3 is 0 Å². The van der Waals surface area contributed by atoms with Crippen molar-refractivity contribution in [3.63, 3.8) is 0 Å². The number of hydrogen-bond acceptors (Lipinski definition) is 3. The maximum atomic E-state index is 6.00. The summed E-state index contributed by atoms with van der Waals surface area (Å²) in [5.41, 5.74) is 7.84. The Hall–Kier alpha value is -2.00. The van der Waals surface area contributed by atoms with Crippen molar-refractivity contribution in [3.05, 3.63) is 59.7 Å². The Bertz CT molecular complexity index is 526. The van der Waals surface area contributed by atoms with Crippen molar-refractivity contribution in [1.82, 2.24) is 0 Å². The summed E-state index contributed by atoms with van der Waals surface area (Å²) in [5.74, 6) is 1.55. The molecule has 0 amide bonds. The Kier molecular flexibility index (Phi) is 4.42. The molecule has 2 N–H and O–H groups in total. The smallest absolute Gasteiger partial charge is 0.128 e. The van der Waals surface area contributed by atoms with Crippen molar-refractivity contribution in [3.8, 4) is 11.5 Å². The molecule has 1 unspecified atom stereocenters. The molecule has 1 atom stereocenters. The van der Waals surface area contributed by atoms with E-state index in [0.717, 1.165) is 22.6 Å². The molecule has 3 nitrogen and oxygen atoms in total. The summed E-state index contributed by atoms with van der Waals surface area (Å²) in [6, 6.07) is 15.8. The van der Waals surface area contributed by atoms with Crippen LogP contribution in [0.15, 0.2) is 48.5 Å². The second-order valence-electron chi connectivity index (χ2n) is 4.35. The van der Waals surface area contributed by atoms with Gasteiger partial charge in [-0.25, -0.2) is 0 Å². The predicted octanol–water partition coefficient (Wildman–Crippen LogP) is 3.29. The highest BCUT2D eigenvalue weighted by Gasteiger charge is 2.10. The Labute approximate surface area is 114 Å². The van der Waals surface area contributed by atoms with Gasteiger partial charge in [-0.05, 0) is 18.6 Å². The van der Waals surface area contributed by atoms with Crippen molar-refractivity contribution in [2.24, 2.45) is 5.73 Å². The standard InChI is InChI=1S/C16H19NO2/c1-12(13-6-4-3-5-7-13)19-16-10-15(18-2)9-8-14(16)11-17/h3-10,12H,11,17H2,1-2H3. The number of methoxy groups -OCH3 is 1. The molecule has 0 aliphatic heterocycles. The third-order valence-electron chi connectivity index (χ3n) is 3.07. The van der Waals surface area contributed by atoms with Crippen molar-refractivity contribution in [1.29, 1.82) is 0 Å². The SMILES string of the molecule is COc1ccc(CN)c(OC(C)c2ccccc2)c1. The van der Waals surface area contributed by atoms with E-state index in [4.69, 9.17) is 15.2 Å². The molecule has 0 radical (unpaired) electrons. The predicted molar refractivity (Wildman–Crippen MR) is 76.4 cm³/mol. The summed E-state index contributed by atoms with van der Waals surface area (Å²) in [6.07, 6.45) is -0.0291. The van der Waals surface area contributed by atoms with Crippen LogP contribution in [0, 0.1) is 0 Å². The van der Waals surface area contributed by atoms with Gasteiger partial charge in [0.05, 0.1) is 7.11 Å². The van der Waals surface area contributed by atoms with Gasteiger partial charge in [0.15, 0.2) is 0 Å². The average molecular weight is 257 g/mol. The van der Waals surface area contributed by atoms with Crippen LogP contribution in [0.2, 0.25) is 0 Å². The van der Waals surface area contributed by atoms with Gasteiger partial charge in [-0.1, -0.05) is 36.4 Å². The van der Waals surface area contributed by atoms with Crippen LogP contribution in [0.4, 0.5) is 0 Å². The lowest BCUT2D eigenvalue weighted by molar-refractivity contribution is 0.223. The lowest BCUT2D eigenvalue weighted by Crippen LogP contribution is -2.07. The molecule has 2 rings (SSSR count). The van der Waals surface area contributed by atoms with Crippen LogP contribution in [0.25, 0.3) is 0 Å². The molecule has 0 spiro atoms. The molecule has 0 fully saturated rings. The second-order valence-corrected chi connectivity index (χ2v) is 4.35. The minimum Gasteiger partial charge on any atom is -0.497 e. The van der Waals surface area contributed by atoms with Gasteiger partial charge in [-0.2, -0.15) is 0 Å². The second kappa shape index (κ2) is 6.25. The largest absolute Gasteiger partial charge is 0.497 e. The van der Waals surface area contributed by atoms with Crippen molar-refractivity contribution in [2.45, 2.75) is 19.6 Å². The van der Waals surface area contributed by atoms with E-state index < -0.39 is 0 Å². The van der Waals surface area contributed by atoms with E-state index in [1.807, 2.05) is 55.5 Å². The van der Waals surface area contributed by atoms with Crippen LogP contribution in [0.5, 0.6) is 11.5 Å². The van der Waals surface area contributed by atoms with Gasteiger partial charge in [-0.15, -0.1) is 0 Å². The summed E-state index contributed by atoms with van der Waals surface area (Å²) < 4.78 is 11.2. The van der Waals surface area contributed by atoms with Crippen LogP contribution in [-0.4, -0.2) is 7.11 Å². The number of rotatable bonds is 5. The molecule has 19 heavy (non-hydrogen) atoms. The first-order valence-electron chi connectivity index (χ1n) is 6.33. The third-order valence-corrected chi connectivity index (χ3v) is 3.07. The lowest BCUT2D eigenvalue weighted by atomic mass is 10.1. The van der Waals surface area contributed by atoms with Crippen molar-refractivity contribution < 1.29 is 9.47 Å². The molecule has 0 aliphatic rings. The summed E-state index contributed by atoms with van der Waals surface area (Å²) in [5, 5.41) is 0. The third kappa shape index (κ3) is 3.26. The highest BCUT2D eigenvalue weighted by Crippen LogP contribution is 2.29. The molecule has 0 saturated carbocycles. The minimum absolute atomic E-state index is 0.0291. The zero-order chi connectivity index (χ0) is 13.7. The highest BCUT2D eigenvalue weighted by atomic mass is 16.5. The average Bonchev–Trinajstić information content (AvgIpc) is 2.48. The van der Waals surface area contributed by atoms with E-state index in [-0.39, 0.29) is 6.10 Å². The zero-order valence-electron chi connectivity index (χ0n) is 11.3. The summed E-state index contributed by atoms with van der Waals surface area (Å²) in [7, 11) is 1.64. The minimum atomic E-state index is -0.0291. The molecule has 2 aromatic rings. The molecule has 0 aliphatic carbocycles. The molecule has 100 valence electrons. The van der Waals surface area contributed by atoms with Gasteiger partial charge in [0.2, 0.25) is 0 Å². The molecule has 0 bridgehead atoms. The Morgan fingerprint density at radius 1 is 1.11 bits per heavy atom. The molecule has 3 heteroatoms. The molecule has 2 aromatic carbocycles. The van der Waals surface area contributed by atoms with Crippen LogP contribution in [0.3, 0.4) is 0 Å². The maximum Gasteiger partial charge on any atom is 0.128 e. The quantitative estimate of drug-likeness (QED) is 0.893. The number of hydrogen-bond donors (Lipinski definition) is 1. The lowest BCUT2D eigenvalue weighted by Gasteiger charge is -2.18. The van der Waals surface area contributed by atoms with Gasteiger partial charge in [0.1, 0.15) is 17.6 Å². The van der Waals surface area contributed by atoms with Crippen LogP contribution in [0.1, 0.15) is 24.2 Å². The number of nitrogens with two attached hydrogens (primary N) is 1. The fraction of sp³-hybridized carbons (Fsp3) is 0.250. The fourth-order valence-electron chi connectivity index (χ4n) is 1.92. The topological polar surface area (TPSA) is 44.5 Å². The van der Waals surface area contributed by atoms with Crippen molar-refractivity contribution in [2.75, 3.05) is 7.11 Å². The highest BCUT2D eigenvalue weighted by molar-refractivity contribution is 5.41. The van der Waals surface area contributed by atoms with Gasteiger partial charge in [-0.3, -0.25) is 0 Å². The summed E-state index contributed by atoms with van der Waals surface area (Å²) in [4.78, 5) is 0. The van der Waals surface area contributed by atoms with E-state index in [0.29, 0.717) is 6.54 Å². The molecular weight excluding hydrogens is 238 g/mol. The Balaban J connectivity index is 2.22. The van der Waals surface area contributed by atoms with E-state index in [1.54, 1.807) is 7.11 Å². The molecular formula is C16H19NO2. The van der Waals surface area contributed by atoms with E-state index in [1.165, 1.54) is 0 Å². The van der Waals surface area contributed by atoms with Gasteiger partial charge < -0.3 is 15.2 Å². The van der Waals surface area contributed by atoms with Crippen molar-refractivity contribution >= 4 is 0 Å². The van der Waals surface area contributed by atoms with Gasteiger partial charge in [0.25, 0.3) is 0 Å². The van der Waals surface area contributed by atoms with E-state index in [2.05, 4.69) is 0 Å². The maximum absolute atomic E-state index is 6.00. The zero-order valence-corrected chi connectivity index (χ0v) is 11.3. The van der Waals surface area contributed by atoms with Gasteiger partial charge in [0, 0.05) is 18.2 Å². The summed E-state index contributed by atoms with van der Waals surface area (Å²) >= 11 is 0. The first kappa shape index (κ1) is 13.4. The van der Waals surface area contributed by atoms with Crippen LogP contribution in [-0.2, 0) is 6.54 Å². The monoisotopic (exact) mass is 257 g/mol. The number of ether oxygens (including phenoxy) is 2. The molecule has 0 aromatic heterocycles. The Morgan fingerprint density at radius 3 is 2.47 bits per heavy atom. The van der Waals surface area contributed by atoms with Crippen LogP contribution >= 0.6 is 0 Å². The first-order valence-corrected chi connectivity index (χ1v) is 6.33. The van der Waals surface area contributed by atoms with E-state index in [9.17, 15) is 0 Å². The molecule has 0 heterocycles.